The first-order valence-electron chi connectivity index (χ1n) is 8.73. The second-order valence-electron chi connectivity index (χ2n) is 6.37. The van der Waals surface area contributed by atoms with E-state index in [1.54, 1.807) is 11.8 Å². The molecule has 1 N–H and O–H groups in total. The van der Waals surface area contributed by atoms with Gasteiger partial charge in [0, 0.05) is 14.8 Å². The molecule has 136 valence electrons. The van der Waals surface area contributed by atoms with E-state index in [9.17, 15) is 5.26 Å². The van der Waals surface area contributed by atoms with Crippen molar-refractivity contribution < 1.29 is 0 Å². The fraction of sp³-hybridized carbons (Fsp3) is 0.0435. The number of nitriles is 1. The van der Waals surface area contributed by atoms with Crippen LogP contribution in [0.15, 0.2) is 76.5 Å². The summed E-state index contributed by atoms with van der Waals surface area (Å²) in [4.78, 5) is 9.98. The van der Waals surface area contributed by atoms with Gasteiger partial charge in [-0.3, -0.25) is 0 Å². The SMILES string of the molecule is Cc1ccc2nc(/C(C#N)=C/c3ccccc3Sc3ccc(Cl)cc3)[nH]c2c1. The summed E-state index contributed by atoms with van der Waals surface area (Å²) in [5.74, 6) is 0.578. The van der Waals surface area contributed by atoms with Crippen molar-refractivity contribution in [1.29, 1.82) is 5.26 Å². The third kappa shape index (κ3) is 3.96. The largest absolute Gasteiger partial charge is 0.337 e. The quantitative estimate of drug-likeness (QED) is 0.385. The monoisotopic (exact) mass is 401 g/mol. The van der Waals surface area contributed by atoms with Gasteiger partial charge in [-0.15, -0.1) is 0 Å². The van der Waals surface area contributed by atoms with Gasteiger partial charge in [0.15, 0.2) is 0 Å². The highest BCUT2D eigenvalue weighted by Crippen LogP contribution is 2.33. The maximum absolute atomic E-state index is 9.73. The first-order valence-corrected chi connectivity index (χ1v) is 9.93. The zero-order valence-electron chi connectivity index (χ0n) is 15.1. The summed E-state index contributed by atoms with van der Waals surface area (Å²) in [5, 5.41) is 10.4. The molecule has 0 spiro atoms. The van der Waals surface area contributed by atoms with Crippen LogP contribution < -0.4 is 0 Å². The molecule has 0 bridgehead atoms. The normalized spacial score (nSPS) is 11.5. The summed E-state index contributed by atoms with van der Waals surface area (Å²) >= 11 is 7.61. The fourth-order valence-electron chi connectivity index (χ4n) is 2.88. The van der Waals surface area contributed by atoms with Crippen LogP contribution in [0.4, 0.5) is 0 Å². The maximum Gasteiger partial charge on any atom is 0.149 e. The van der Waals surface area contributed by atoms with Crippen molar-refractivity contribution in [1.82, 2.24) is 9.97 Å². The lowest BCUT2D eigenvalue weighted by Crippen LogP contribution is -1.86. The minimum Gasteiger partial charge on any atom is -0.337 e. The first-order chi connectivity index (χ1) is 13.6. The predicted octanol–water partition coefficient (Wildman–Crippen LogP) is 6.74. The minimum absolute atomic E-state index is 0.498. The van der Waals surface area contributed by atoms with Crippen LogP contribution in [-0.2, 0) is 0 Å². The molecule has 0 fully saturated rings. The highest BCUT2D eigenvalue weighted by molar-refractivity contribution is 7.99. The van der Waals surface area contributed by atoms with Crippen molar-refractivity contribution in [2.75, 3.05) is 0 Å². The number of aromatic nitrogens is 2. The molecule has 0 saturated heterocycles. The van der Waals surface area contributed by atoms with Crippen LogP contribution in [0.1, 0.15) is 17.0 Å². The van der Waals surface area contributed by atoms with E-state index in [1.165, 1.54) is 0 Å². The highest BCUT2D eigenvalue weighted by atomic mass is 35.5. The molecule has 0 radical (unpaired) electrons. The fourth-order valence-corrected chi connectivity index (χ4v) is 3.93. The number of aryl methyl sites for hydroxylation is 1. The number of nitrogens with zero attached hydrogens (tertiary/aromatic N) is 2. The average Bonchev–Trinajstić information content (AvgIpc) is 3.12. The lowest BCUT2D eigenvalue weighted by atomic mass is 10.1. The van der Waals surface area contributed by atoms with Crippen molar-refractivity contribution in [2.45, 2.75) is 16.7 Å². The van der Waals surface area contributed by atoms with Crippen molar-refractivity contribution >= 4 is 46.0 Å². The molecule has 4 aromatic rings. The minimum atomic E-state index is 0.498. The Morgan fingerprint density at radius 1 is 1.11 bits per heavy atom. The molecule has 0 aliphatic rings. The summed E-state index contributed by atoms with van der Waals surface area (Å²) < 4.78 is 0. The van der Waals surface area contributed by atoms with E-state index in [4.69, 9.17) is 11.6 Å². The van der Waals surface area contributed by atoms with E-state index in [1.807, 2.05) is 79.7 Å². The second kappa shape index (κ2) is 7.93. The van der Waals surface area contributed by atoms with Gasteiger partial charge in [-0.2, -0.15) is 5.26 Å². The number of imidazole rings is 1. The molecule has 0 unspecified atom stereocenters. The van der Waals surface area contributed by atoms with Crippen molar-refractivity contribution in [2.24, 2.45) is 0 Å². The number of aromatic amines is 1. The van der Waals surface area contributed by atoms with E-state index in [0.717, 1.165) is 32.0 Å². The lowest BCUT2D eigenvalue weighted by Gasteiger charge is -2.06. The predicted molar refractivity (Wildman–Crippen MR) is 116 cm³/mol. The van der Waals surface area contributed by atoms with Gasteiger partial charge in [-0.1, -0.05) is 47.6 Å². The van der Waals surface area contributed by atoms with Gasteiger partial charge in [-0.05, 0) is 66.6 Å². The Labute approximate surface area is 172 Å². The third-order valence-corrected chi connectivity index (χ3v) is 5.62. The number of hydrogen-bond donors (Lipinski definition) is 1. The molecule has 5 heteroatoms. The Bertz CT molecular complexity index is 1220. The maximum atomic E-state index is 9.73. The van der Waals surface area contributed by atoms with Crippen LogP contribution in [0.2, 0.25) is 5.02 Å². The summed E-state index contributed by atoms with van der Waals surface area (Å²) in [5.41, 5.74) is 4.40. The van der Waals surface area contributed by atoms with Crippen LogP contribution >= 0.6 is 23.4 Å². The molecular weight excluding hydrogens is 386 g/mol. The topological polar surface area (TPSA) is 52.5 Å². The number of halogens is 1. The van der Waals surface area contributed by atoms with Crippen LogP contribution in [0.5, 0.6) is 0 Å². The smallest absolute Gasteiger partial charge is 0.149 e. The molecule has 0 atom stereocenters. The van der Waals surface area contributed by atoms with Gasteiger partial charge < -0.3 is 4.98 Å². The molecule has 1 heterocycles. The van der Waals surface area contributed by atoms with Gasteiger partial charge in [0.05, 0.1) is 16.6 Å². The van der Waals surface area contributed by atoms with Crippen LogP contribution in [0.25, 0.3) is 22.7 Å². The Hall–Kier alpha value is -3.00. The third-order valence-electron chi connectivity index (χ3n) is 4.27. The molecule has 4 rings (SSSR count). The number of fused-ring (bicyclic) bond motifs is 1. The number of nitrogens with one attached hydrogen (secondary N) is 1. The molecule has 0 saturated carbocycles. The molecule has 0 aliphatic heterocycles. The zero-order chi connectivity index (χ0) is 19.5. The van der Waals surface area contributed by atoms with Crippen LogP contribution in [-0.4, -0.2) is 9.97 Å². The standard InChI is InChI=1S/C23H16ClN3S/c1-15-6-11-20-21(12-15)27-23(26-20)17(14-25)13-16-4-2-3-5-22(16)28-19-9-7-18(24)8-10-19/h2-13H,1H3,(H,26,27)/b17-13+. The van der Waals surface area contributed by atoms with Gasteiger partial charge in [0.25, 0.3) is 0 Å². The number of rotatable bonds is 4. The Morgan fingerprint density at radius 2 is 1.89 bits per heavy atom. The summed E-state index contributed by atoms with van der Waals surface area (Å²) in [6.45, 7) is 2.03. The summed E-state index contributed by atoms with van der Waals surface area (Å²) in [7, 11) is 0. The molecule has 3 nitrogen and oxygen atoms in total. The number of hydrogen-bond acceptors (Lipinski definition) is 3. The van der Waals surface area contributed by atoms with Crippen LogP contribution in [0.3, 0.4) is 0 Å². The molecule has 3 aromatic carbocycles. The zero-order valence-corrected chi connectivity index (χ0v) is 16.7. The average molecular weight is 402 g/mol. The van der Waals surface area contributed by atoms with E-state index >= 15 is 0 Å². The lowest BCUT2D eigenvalue weighted by molar-refractivity contribution is 1.27. The molecule has 0 amide bonds. The number of H-pyrrole nitrogens is 1. The highest BCUT2D eigenvalue weighted by Gasteiger charge is 2.10. The molecular formula is C23H16ClN3S. The van der Waals surface area contributed by atoms with E-state index in [-0.39, 0.29) is 0 Å². The van der Waals surface area contributed by atoms with Crippen LogP contribution in [0, 0.1) is 18.3 Å². The van der Waals surface area contributed by atoms with Gasteiger partial charge in [0.2, 0.25) is 0 Å². The summed E-state index contributed by atoms with van der Waals surface area (Å²) in [6.07, 6.45) is 1.88. The van der Waals surface area contributed by atoms with Crippen molar-refractivity contribution in [3.05, 3.63) is 88.7 Å². The van der Waals surface area contributed by atoms with Gasteiger partial charge in [-0.25, -0.2) is 4.98 Å². The van der Waals surface area contributed by atoms with Crippen molar-refractivity contribution in [3.8, 4) is 6.07 Å². The molecule has 0 aliphatic carbocycles. The van der Waals surface area contributed by atoms with Gasteiger partial charge >= 0.3 is 0 Å². The molecule has 1 aromatic heterocycles. The van der Waals surface area contributed by atoms with Gasteiger partial charge in [0.1, 0.15) is 11.9 Å². The van der Waals surface area contributed by atoms with E-state index < -0.39 is 0 Å². The number of benzene rings is 3. The van der Waals surface area contributed by atoms with E-state index in [0.29, 0.717) is 16.4 Å². The van der Waals surface area contributed by atoms with Crippen molar-refractivity contribution in [3.63, 3.8) is 0 Å². The molecule has 28 heavy (non-hydrogen) atoms. The Balaban J connectivity index is 1.71. The Morgan fingerprint density at radius 3 is 2.68 bits per heavy atom. The second-order valence-corrected chi connectivity index (χ2v) is 7.92. The summed E-state index contributed by atoms with van der Waals surface area (Å²) in [6, 6.07) is 24.0. The first kappa shape index (κ1) is 18.4. The Kier molecular flexibility index (Phi) is 5.21. The van der Waals surface area contributed by atoms with E-state index in [2.05, 4.69) is 16.0 Å². The number of allylic oxidation sites excluding steroid dienone is 1.